The molecule has 1 amide bonds. The highest BCUT2D eigenvalue weighted by atomic mass is 32.1. The molecule has 0 saturated carbocycles. The summed E-state index contributed by atoms with van der Waals surface area (Å²) in [6.07, 6.45) is 1.93. The third-order valence-corrected chi connectivity index (χ3v) is 6.18. The van der Waals surface area contributed by atoms with Crippen LogP contribution in [0.15, 0.2) is 42.6 Å². The minimum Gasteiger partial charge on any atom is -0.472 e. The smallest absolute Gasteiger partial charge is 0.263 e. The topological polar surface area (TPSA) is 67.7 Å². The minimum absolute atomic E-state index is 0.0235. The lowest BCUT2D eigenvalue weighted by Gasteiger charge is -2.09. The first-order valence-corrected chi connectivity index (χ1v) is 10.1. The quantitative estimate of drug-likeness (QED) is 0.553. The number of aromatic nitrogens is 2. The molecule has 4 heterocycles. The van der Waals surface area contributed by atoms with Crippen LogP contribution in [0.5, 0.6) is 5.88 Å². The van der Waals surface area contributed by atoms with Crippen LogP contribution in [0.3, 0.4) is 0 Å². The maximum Gasteiger partial charge on any atom is 0.263 e. The average Bonchev–Trinajstić information content (AvgIpc) is 3.18. The third kappa shape index (κ3) is 2.70. The second-order valence-corrected chi connectivity index (χ2v) is 8.17. The lowest BCUT2D eigenvalue weighted by atomic mass is 10.1. The Morgan fingerprint density at radius 1 is 1.29 bits per heavy atom. The van der Waals surface area contributed by atoms with Gasteiger partial charge in [-0.25, -0.2) is 4.52 Å². The van der Waals surface area contributed by atoms with Crippen LogP contribution >= 0.6 is 11.3 Å². The molecule has 28 heavy (non-hydrogen) atoms. The summed E-state index contributed by atoms with van der Waals surface area (Å²) in [7, 11) is 0. The summed E-state index contributed by atoms with van der Waals surface area (Å²) < 4.78 is 8.92. The molecule has 1 aliphatic heterocycles. The molecule has 4 aromatic rings. The van der Waals surface area contributed by atoms with E-state index in [1.54, 1.807) is 0 Å². The molecule has 7 heteroatoms. The molecule has 0 fully saturated rings. The number of hydrogen-bond acceptors (Lipinski definition) is 5. The van der Waals surface area contributed by atoms with Gasteiger partial charge in [-0.2, -0.15) is 0 Å². The monoisotopic (exact) mass is 392 g/mol. The number of hydrogen-bond donors (Lipinski definition) is 2. The van der Waals surface area contributed by atoms with Gasteiger partial charge in [0.25, 0.3) is 5.91 Å². The number of rotatable bonds is 3. The van der Waals surface area contributed by atoms with Crippen molar-refractivity contribution in [1.82, 2.24) is 14.9 Å². The zero-order chi connectivity index (χ0) is 19.3. The summed E-state index contributed by atoms with van der Waals surface area (Å²) in [5.41, 5.74) is 3.94. The van der Waals surface area contributed by atoms with Crippen LogP contribution in [-0.4, -0.2) is 28.1 Å². The van der Waals surface area contributed by atoms with Crippen LogP contribution in [0.25, 0.3) is 15.6 Å². The molecule has 0 unspecified atom stereocenters. The first kappa shape index (κ1) is 17.1. The van der Waals surface area contributed by atoms with Gasteiger partial charge in [0.05, 0.1) is 11.2 Å². The summed E-state index contributed by atoms with van der Waals surface area (Å²) in [5, 5.41) is 12.2. The number of pyridine rings is 1. The zero-order valence-electron chi connectivity index (χ0n) is 15.7. The van der Waals surface area contributed by atoms with Gasteiger partial charge >= 0.3 is 0 Å². The predicted molar refractivity (Wildman–Crippen MR) is 112 cm³/mol. The first-order valence-electron chi connectivity index (χ1n) is 9.27. The van der Waals surface area contributed by atoms with Crippen molar-refractivity contribution in [2.24, 2.45) is 0 Å². The molecule has 2 N–H and O–H groups in total. The van der Waals surface area contributed by atoms with Gasteiger partial charge in [-0.05, 0) is 25.5 Å². The predicted octanol–water partition coefficient (Wildman–Crippen LogP) is 3.98. The van der Waals surface area contributed by atoms with E-state index in [2.05, 4.69) is 15.7 Å². The van der Waals surface area contributed by atoms with Gasteiger partial charge in [0.15, 0.2) is 0 Å². The van der Waals surface area contributed by atoms with Crippen LogP contribution in [0.4, 0.5) is 5.69 Å². The largest absolute Gasteiger partial charge is 0.472 e. The van der Waals surface area contributed by atoms with Gasteiger partial charge < -0.3 is 15.4 Å². The molecule has 1 aliphatic rings. The van der Waals surface area contributed by atoms with E-state index in [0.29, 0.717) is 19.0 Å². The fourth-order valence-corrected chi connectivity index (χ4v) is 4.71. The van der Waals surface area contributed by atoms with E-state index < -0.39 is 0 Å². The average molecular weight is 392 g/mol. The number of aryl methyl sites for hydroxylation is 1. The van der Waals surface area contributed by atoms with Gasteiger partial charge in [-0.3, -0.25) is 4.79 Å². The van der Waals surface area contributed by atoms with Crippen LogP contribution in [-0.2, 0) is 6.61 Å². The molecule has 3 aromatic heterocycles. The van der Waals surface area contributed by atoms with Crippen molar-refractivity contribution < 1.29 is 9.53 Å². The lowest BCUT2D eigenvalue weighted by Crippen LogP contribution is -2.34. The van der Waals surface area contributed by atoms with Crippen molar-refractivity contribution in [3.63, 3.8) is 0 Å². The Morgan fingerprint density at radius 3 is 2.93 bits per heavy atom. The normalized spacial score (nSPS) is 16.5. The van der Waals surface area contributed by atoms with Crippen LogP contribution in [0, 0.1) is 6.92 Å². The van der Waals surface area contributed by atoms with Crippen molar-refractivity contribution in [3.8, 4) is 5.88 Å². The molecular weight excluding hydrogens is 372 g/mol. The van der Waals surface area contributed by atoms with Gasteiger partial charge in [-0.15, -0.1) is 16.4 Å². The summed E-state index contributed by atoms with van der Waals surface area (Å²) in [4.78, 5) is 13.3. The molecular formula is C21H20N4O2S. The number of carbonyl (C=O) groups excluding carboxylic acids is 1. The molecule has 5 rings (SSSR count). The third-order valence-electron chi connectivity index (χ3n) is 5.03. The van der Waals surface area contributed by atoms with Crippen molar-refractivity contribution >= 4 is 38.5 Å². The van der Waals surface area contributed by atoms with Crippen molar-refractivity contribution in [2.45, 2.75) is 26.5 Å². The standard InChI is InChI=1S/C21H20N4O2S/c1-12-10-22-17-16-15(28-19(17)20(26)23-12)8-9-25-18(16)13(2)21(24-25)27-11-14-6-4-3-5-7-14/h3-9,12,22H,10-11H2,1-2H3,(H,23,26)/t12-/m1/s1. The number of amides is 1. The Balaban J connectivity index is 1.62. The van der Waals surface area contributed by atoms with Crippen LogP contribution in [0.1, 0.15) is 27.7 Å². The van der Waals surface area contributed by atoms with Gasteiger partial charge in [0, 0.05) is 34.4 Å². The fourth-order valence-electron chi connectivity index (χ4n) is 3.63. The lowest BCUT2D eigenvalue weighted by molar-refractivity contribution is 0.0949. The molecule has 0 aliphatic carbocycles. The molecule has 1 aromatic carbocycles. The van der Waals surface area contributed by atoms with Gasteiger partial charge in [0.2, 0.25) is 5.88 Å². The van der Waals surface area contributed by atoms with Crippen molar-refractivity contribution in [1.29, 1.82) is 0 Å². The van der Waals surface area contributed by atoms with E-state index in [4.69, 9.17) is 4.74 Å². The highest BCUT2D eigenvalue weighted by Crippen LogP contribution is 2.41. The Morgan fingerprint density at radius 2 is 2.11 bits per heavy atom. The Kier molecular flexibility index (Phi) is 3.98. The van der Waals surface area contributed by atoms with Crippen molar-refractivity contribution in [3.05, 3.63) is 58.6 Å². The number of nitrogens with zero attached hydrogens (tertiary/aromatic N) is 2. The molecule has 142 valence electrons. The Bertz CT molecular complexity index is 1200. The van der Waals surface area contributed by atoms with E-state index in [1.165, 1.54) is 11.3 Å². The number of thiophene rings is 1. The zero-order valence-corrected chi connectivity index (χ0v) is 16.5. The summed E-state index contributed by atoms with van der Waals surface area (Å²) >= 11 is 1.51. The molecule has 0 spiro atoms. The highest BCUT2D eigenvalue weighted by molar-refractivity contribution is 7.21. The summed E-state index contributed by atoms with van der Waals surface area (Å²) in [5.74, 6) is 0.590. The highest BCUT2D eigenvalue weighted by Gasteiger charge is 2.26. The molecule has 0 radical (unpaired) electrons. The number of carbonyl (C=O) groups is 1. The molecule has 0 saturated heterocycles. The molecule has 6 nitrogen and oxygen atoms in total. The Labute approximate surface area is 166 Å². The number of fused-ring (bicyclic) bond motifs is 5. The second-order valence-electron chi connectivity index (χ2n) is 7.11. The number of anilines is 1. The van der Waals surface area contributed by atoms with E-state index in [9.17, 15) is 4.79 Å². The molecule has 1 atom stereocenters. The maximum atomic E-state index is 12.6. The second kappa shape index (κ2) is 6.53. The fraction of sp³-hybridized carbons (Fsp3) is 0.238. The molecule has 0 bridgehead atoms. The Hall–Kier alpha value is -3.06. The van der Waals surface area contributed by atoms with E-state index in [-0.39, 0.29) is 11.9 Å². The number of nitrogens with one attached hydrogen (secondary N) is 2. The van der Waals surface area contributed by atoms with Crippen molar-refractivity contribution in [2.75, 3.05) is 11.9 Å². The van der Waals surface area contributed by atoms with Crippen LogP contribution < -0.4 is 15.4 Å². The SMILES string of the molecule is Cc1c(OCc2ccccc2)nn2ccc3sc4c(c3c12)NC[C@@H](C)NC4=O. The van der Waals surface area contributed by atoms with Gasteiger partial charge in [-0.1, -0.05) is 30.3 Å². The van der Waals surface area contributed by atoms with Crippen LogP contribution in [0.2, 0.25) is 0 Å². The summed E-state index contributed by atoms with van der Waals surface area (Å²) in [6, 6.07) is 12.1. The van der Waals surface area contributed by atoms with E-state index in [0.717, 1.165) is 37.3 Å². The number of benzene rings is 1. The van der Waals surface area contributed by atoms with E-state index in [1.807, 2.05) is 61.0 Å². The summed E-state index contributed by atoms with van der Waals surface area (Å²) in [6.45, 7) is 5.18. The van der Waals surface area contributed by atoms with E-state index >= 15 is 0 Å². The maximum absolute atomic E-state index is 12.6. The minimum atomic E-state index is -0.0235. The number of ether oxygens (including phenoxy) is 1. The first-order chi connectivity index (χ1) is 13.6. The van der Waals surface area contributed by atoms with Gasteiger partial charge in [0.1, 0.15) is 11.5 Å².